The summed E-state index contributed by atoms with van der Waals surface area (Å²) < 4.78 is 28.7. The van der Waals surface area contributed by atoms with E-state index in [0.717, 1.165) is 44.6 Å². The normalized spacial score (nSPS) is 24.8. The molecule has 0 aromatic heterocycles. The van der Waals surface area contributed by atoms with Crippen molar-refractivity contribution in [3.63, 3.8) is 0 Å². The highest BCUT2D eigenvalue weighted by Gasteiger charge is 2.44. The van der Waals surface area contributed by atoms with Gasteiger partial charge >= 0.3 is 0 Å². The average Bonchev–Trinajstić information content (AvgIpc) is 2.99. The Morgan fingerprint density at radius 2 is 1.60 bits per heavy atom. The Labute approximate surface area is 188 Å². The molecule has 0 radical (unpaired) electrons. The predicted octanol–water partition coefficient (Wildman–Crippen LogP) is 4.37. The van der Waals surface area contributed by atoms with Gasteiger partial charge in [-0.2, -0.15) is 4.31 Å². The molecule has 2 atom stereocenters. The SMILES string of the molecule is CN1CCN(c2ccc3c(c2)[C@H]2C[C@H]3CCN2S(=O)(=O)c2cc(Cl)cc(Cl)c2)CC1. The molecule has 2 aromatic carbocycles. The Balaban J connectivity index is 1.49. The van der Waals surface area contributed by atoms with Gasteiger partial charge in [0.1, 0.15) is 0 Å². The number of hydrogen-bond donors (Lipinski definition) is 0. The molecule has 0 spiro atoms. The van der Waals surface area contributed by atoms with Crippen molar-refractivity contribution in [3.05, 3.63) is 57.6 Å². The molecule has 30 heavy (non-hydrogen) atoms. The van der Waals surface area contributed by atoms with Crippen molar-refractivity contribution in [2.75, 3.05) is 44.7 Å². The Hall–Kier alpha value is -1.31. The number of hydrogen-bond acceptors (Lipinski definition) is 4. The van der Waals surface area contributed by atoms with Crippen molar-refractivity contribution >= 4 is 38.9 Å². The number of likely N-dealkylation sites (N-methyl/N-ethyl adjacent to an activating group) is 1. The van der Waals surface area contributed by atoms with E-state index in [1.165, 1.54) is 23.4 Å². The van der Waals surface area contributed by atoms with Gasteiger partial charge in [0.15, 0.2) is 0 Å². The Kier molecular flexibility index (Phi) is 5.27. The first-order valence-corrected chi connectivity index (χ1v) is 12.6. The van der Waals surface area contributed by atoms with Crippen molar-refractivity contribution in [2.45, 2.75) is 29.7 Å². The first-order valence-electron chi connectivity index (χ1n) is 10.4. The zero-order valence-electron chi connectivity index (χ0n) is 16.9. The minimum absolute atomic E-state index is 0.131. The monoisotopic (exact) mass is 465 g/mol. The van der Waals surface area contributed by atoms with Crippen LogP contribution in [0.25, 0.3) is 0 Å². The molecule has 8 heteroatoms. The van der Waals surface area contributed by atoms with Crippen LogP contribution in [0.2, 0.25) is 10.0 Å². The second-order valence-corrected chi connectivity index (χ2v) is 11.3. The summed E-state index contributed by atoms with van der Waals surface area (Å²) in [7, 11) is -1.54. The number of piperidine rings is 1. The average molecular weight is 466 g/mol. The van der Waals surface area contributed by atoms with E-state index in [1.807, 2.05) is 0 Å². The minimum Gasteiger partial charge on any atom is -0.369 e. The molecular weight excluding hydrogens is 441 g/mol. The molecule has 2 bridgehead atoms. The van der Waals surface area contributed by atoms with Crippen LogP contribution >= 0.6 is 23.2 Å². The number of nitrogens with zero attached hydrogens (tertiary/aromatic N) is 3. The number of anilines is 1. The van der Waals surface area contributed by atoms with Crippen LogP contribution in [0.3, 0.4) is 0 Å². The van der Waals surface area contributed by atoms with E-state index in [9.17, 15) is 8.42 Å². The van der Waals surface area contributed by atoms with E-state index in [0.29, 0.717) is 22.5 Å². The smallest absolute Gasteiger partial charge is 0.243 e. The summed E-state index contributed by atoms with van der Waals surface area (Å²) in [6, 6.07) is 11.1. The molecule has 2 heterocycles. The summed E-state index contributed by atoms with van der Waals surface area (Å²) in [6.07, 6.45) is 1.68. The summed E-state index contributed by atoms with van der Waals surface area (Å²) in [5, 5.41) is 0.667. The zero-order valence-corrected chi connectivity index (χ0v) is 19.2. The first-order chi connectivity index (χ1) is 14.3. The largest absolute Gasteiger partial charge is 0.369 e. The predicted molar refractivity (Wildman–Crippen MR) is 121 cm³/mol. The lowest BCUT2D eigenvalue weighted by Gasteiger charge is -2.35. The lowest BCUT2D eigenvalue weighted by molar-refractivity contribution is 0.259. The molecule has 2 saturated heterocycles. The zero-order chi connectivity index (χ0) is 21.0. The maximum Gasteiger partial charge on any atom is 0.243 e. The number of rotatable bonds is 3. The Morgan fingerprint density at radius 1 is 0.900 bits per heavy atom. The highest BCUT2D eigenvalue weighted by molar-refractivity contribution is 7.89. The van der Waals surface area contributed by atoms with Crippen molar-refractivity contribution in [2.24, 2.45) is 0 Å². The molecule has 5 rings (SSSR count). The maximum absolute atomic E-state index is 13.5. The Bertz CT molecular complexity index is 1060. The molecule has 3 aliphatic rings. The molecule has 160 valence electrons. The summed E-state index contributed by atoms with van der Waals surface area (Å²) in [4.78, 5) is 4.90. The summed E-state index contributed by atoms with van der Waals surface area (Å²) >= 11 is 12.2. The van der Waals surface area contributed by atoms with Gasteiger partial charge in [-0.1, -0.05) is 29.3 Å². The van der Waals surface area contributed by atoms with Gasteiger partial charge in [-0.25, -0.2) is 8.42 Å². The molecule has 0 saturated carbocycles. The van der Waals surface area contributed by atoms with Crippen LogP contribution in [0, 0.1) is 0 Å². The lowest BCUT2D eigenvalue weighted by Crippen LogP contribution is -2.44. The number of halogens is 2. The van der Waals surface area contributed by atoms with Crippen LogP contribution < -0.4 is 4.90 Å². The highest BCUT2D eigenvalue weighted by Crippen LogP contribution is 2.51. The van der Waals surface area contributed by atoms with E-state index in [2.05, 4.69) is 35.0 Å². The molecule has 2 aliphatic heterocycles. The van der Waals surface area contributed by atoms with Crippen LogP contribution in [-0.4, -0.2) is 57.4 Å². The minimum atomic E-state index is -3.69. The van der Waals surface area contributed by atoms with Crippen molar-refractivity contribution in [1.82, 2.24) is 9.21 Å². The second kappa shape index (κ2) is 7.68. The highest BCUT2D eigenvalue weighted by atomic mass is 35.5. The van der Waals surface area contributed by atoms with E-state index in [-0.39, 0.29) is 10.9 Å². The summed E-state index contributed by atoms with van der Waals surface area (Å²) in [6.45, 7) is 4.58. The molecule has 2 fully saturated rings. The van der Waals surface area contributed by atoms with Gasteiger partial charge in [0.05, 0.1) is 10.9 Å². The molecule has 0 amide bonds. The molecule has 5 nitrogen and oxygen atoms in total. The van der Waals surface area contributed by atoms with Gasteiger partial charge in [-0.05, 0) is 67.3 Å². The first kappa shape index (κ1) is 20.6. The fourth-order valence-corrected chi connectivity index (χ4v) is 7.45. The van der Waals surface area contributed by atoms with Gasteiger partial charge in [0.25, 0.3) is 0 Å². The van der Waals surface area contributed by atoms with Crippen LogP contribution in [0.1, 0.15) is 35.9 Å². The summed E-state index contributed by atoms with van der Waals surface area (Å²) in [5.74, 6) is 0.431. The topological polar surface area (TPSA) is 43.9 Å². The van der Waals surface area contributed by atoms with Crippen LogP contribution in [0.4, 0.5) is 5.69 Å². The standard InChI is InChI=1S/C22H25Cl2N3O2S/c1-25-6-8-26(9-7-25)18-2-3-20-15-4-5-27(22(10-15)21(20)14-18)30(28,29)19-12-16(23)11-17(24)13-19/h2-3,11-15,22H,4-10H2,1H3/t15-,22-/m1/s1. The number of piperazine rings is 1. The molecule has 0 N–H and O–H groups in total. The van der Waals surface area contributed by atoms with E-state index in [1.54, 1.807) is 10.4 Å². The van der Waals surface area contributed by atoms with Gasteiger partial charge in [0, 0.05) is 48.5 Å². The number of fused-ring (bicyclic) bond motifs is 5. The van der Waals surface area contributed by atoms with Crippen LogP contribution in [0.15, 0.2) is 41.3 Å². The third kappa shape index (κ3) is 3.53. The van der Waals surface area contributed by atoms with Crippen molar-refractivity contribution < 1.29 is 8.42 Å². The van der Waals surface area contributed by atoms with Crippen LogP contribution in [-0.2, 0) is 10.0 Å². The second-order valence-electron chi connectivity index (χ2n) is 8.56. The maximum atomic E-state index is 13.5. The molecular formula is C22H25Cl2N3O2S. The summed E-state index contributed by atoms with van der Waals surface area (Å²) in [5.41, 5.74) is 3.66. The van der Waals surface area contributed by atoms with Gasteiger partial charge < -0.3 is 9.80 Å². The third-order valence-electron chi connectivity index (χ3n) is 6.73. The Morgan fingerprint density at radius 3 is 2.30 bits per heavy atom. The fraction of sp³-hybridized carbons (Fsp3) is 0.455. The van der Waals surface area contributed by atoms with Gasteiger partial charge in [0.2, 0.25) is 10.0 Å². The van der Waals surface area contributed by atoms with Crippen molar-refractivity contribution in [1.29, 1.82) is 0 Å². The molecule has 2 aromatic rings. The van der Waals surface area contributed by atoms with E-state index in [4.69, 9.17) is 23.2 Å². The van der Waals surface area contributed by atoms with Crippen LogP contribution in [0.5, 0.6) is 0 Å². The molecule has 1 aliphatic carbocycles. The third-order valence-corrected chi connectivity index (χ3v) is 9.06. The molecule has 0 unspecified atom stereocenters. The fourth-order valence-electron chi connectivity index (χ4n) is 5.09. The van der Waals surface area contributed by atoms with E-state index < -0.39 is 10.0 Å². The lowest BCUT2D eigenvalue weighted by atomic mass is 9.96. The number of benzene rings is 2. The van der Waals surface area contributed by atoms with Crippen molar-refractivity contribution in [3.8, 4) is 0 Å². The number of sulfonamides is 1. The van der Waals surface area contributed by atoms with E-state index >= 15 is 0 Å². The quantitative estimate of drug-likeness (QED) is 0.674. The van der Waals surface area contributed by atoms with Gasteiger partial charge in [-0.15, -0.1) is 0 Å². The van der Waals surface area contributed by atoms with Gasteiger partial charge in [-0.3, -0.25) is 0 Å².